The Morgan fingerprint density at radius 2 is 1.51 bits per heavy atom. The standard InChI is InChI=1S/C58H54N4O/c1-41-17-15-26-50(44-21-9-6-10-22-44)49(41)24-13-14-34-60-40-61(54-31-28-45(36-56(54)60)43-19-7-5-8-20-43)47-23-16-18-42(35-47)39-63-48-29-30-52-51-25-11-12-27-53(51)62(55(52)38-48)57-37-46(32-33-59-57)58(2,3)4/h5-12,15-23,25-33,35-38H,13-14,24,34,39-40H2,1-4H3/i1D3,6D,9D,10D,21D,22D. The molecule has 1 aliphatic heterocycles. The van der Waals surface area contributed by atoms with Crippen LogP contribution in [0.5, 0.6) is 5.75 Å². The van der Waals surface area contributed by atoms with Gasteiger partial charge >= 0.3 is 0 Å². The van der Waals surface area contributed by atoms with Crippen LogP contribution in [0.4, 0.5) is 17.1 Å². The molecule has 5 nitrogen and oxygen atoms in total. The number of anilines is 3. The largest absolute Gasteiger partial charge is 0.489 e. The molecule has 2 aromatic heterocycles. The lowest BCUT2D eigenvalue weighted by atomic mass is 9.88. The number of pyridine rings is 1. The summed E-state index contributed by atoms with van der Waals surface area (Å²) in [6.07, 6.45) is 3.54. The van der Waals surface area contributed by atoms with Crippen molar-refractivity contribution in [1.82, 2.24) is 9.55 Å². The van der Waals surface area contributed by atoms with Crippen LogP contribution in [0.2, 0.25) is 0 Å². The van der Waals surface area contributed by atoms with Crippen LogP contribution in [0.25, 0.3) is 49.9 Å². The molecule has 0 atom stereocenters. The maximum absolute atomic E-state index is 8.70. The molecule has 63 heavy (non-hydrogen) atoms. The Kier molecular flexibility index (Phi) is 8.54. The molecule has 0 aliphatic carbocycles. The van der Waals surface area contributed by atoms with Gasteiger partial charge < -0.3 is 14.5 Å². The van der Waals surface area contributed by atoms with Gasteiger partial charge in [0.1, 0.15) is 18.2 Å². The zero-order chi connectivity index (χ0) is 49.8. The molecule has 3 heterocycles. The number of hydrogen-bond donors (Lipinski definition) is 0. The molecule has 0 amide bonds. The predicted molar refractivity (Wildman–Crippen MR) is 264 cm³/mol. The molecule has 5 heteroatoms. The molecule has 0 unspecified atom stereocenters. The van der Waals surface area contributed by atoms with Gasteiger partial charge in [-0.15, -0.1) is 0 Å². The maximum Gasteiger partial charge on any atom is 0.137 e. The van der Waals surface area contributed by atoms with Crippen molar-refractivity contribution < 1.29 is 15.7 Å². The highest BCUT2D eigenvalue weighted by atomic mass is 16.5. The molecule has 1 aliphatic rings. The molecule has 0 radical (unpaired) electrons. The summed E-state index contributed by atoms with van der Waals surface area (Å²) >= 11 is 0. The second kappa shape index (κ2) is 17.0. The van der Waals surface area contributed by atoms with Crippen molar-refractivity contribution >= 4 is 38.9 Å². The number of aryl methyl sites for hydroxylation is 1. The van der Waals surface area contributed by atoms with Crippen LogP contribution in [-0.4, -0.2) is 22.8 Å². The average molecular weight is 831 g/mol. The van der Waals surface area contributed by atoms with E-state index < -0.39 is 25.0 Å². The maximum atomic E-state index is 8.70. The highest BCUT2D eigenvalue weighted by Crippen LogP contribution is 2.43. The normalized spacial score (nSPS) is 14.7. The minimum atomic E-state index is -2.47. The molecule has 0 saturated carbocycles. The number of hydrogen-bond acceptors (Lipinski definition) is 4. The van der Waals surface area contributed by atoms with Crippen LogP contribution in [-0.2, 0) is 18.4 Å². The van der Waals surface area contributed by atoms with E-state index >= 15 is 0 Å². The Hall–Kier alpha value is -7.11. The summed E-state index contributed by atoms with van der Waals surface area (Å²) < 4.78 is 76.2. The van der Waals surface area contributed by atoms with Gasteiger partial charge in [0.2, 0.25) is 0 Å². The number of rotatable bonds is 12. The smallest absolute Gasteiger partial charge is 0.137 e. The molecule has 0 N–H and O–H groups in total. The first-order valence-corrected chi connectivity index (χ1v) is 21.7. The first-order chi connectivity index (χ1) is 34.1. The van der Waals surface area contributed by atoms with E-state index in [1.807, 2.05) is 30.5 Å². The minimum Gasteiger partial charge on any atom is -0.489 e. The monoisotopic (exact) mass is 830 g/mol. The Balaban J connectivity index is 0.912. The summed E-state index contributed by atoms with van der Waals surface area (Å²) in [5.74, 6) is 1.62. The van der Waals surface area contributed by atoms with Gasteiger partial charge in [0.25, 0.3) is 0 Å². The van der Waals surface area contributed by atoms with Crippen molar-refractivity contribution in [2.24, 2.45) is 0 Å². The number of unbranched alkanes of at least 4 members (excludes halogenated alkanes) is 1. The third kappa shape index (κ3) is 8.08. The SMILES string of the molecule is [2H]c1c([2H])c([2H])c(-c2cccc(C([2H])([2H])[2H])c2CCCCN2CN(c3cccc(COc4ccc5c6ccccc6n(-c6cc(C(C)(C)C)ccn6)c5c4)c3)c3ccc(-c4ccccc4)cc32)c([2H])c1[2H]. The number of ether oxygens (including phenoxy) is 1. The first kappa shape index (κ1) is 31.7. The van der Waals surface area contributed by atoms with E-state index in [0.29, 0.717) is 50.2 Å². The highest BCUT2D eigenvalue weighted by molar-refractivity contribution is 6.09. The van der Waals surface area contributed by atoms with Gasteiger partial charge in [0, 0.05) is 39.4 Å². The number of benzene rings is 7. The van der Waals surface area contributed by atoms with Crippen molar-refractivity contribution in [3.63, 3.8) is 0 Å². The fourth-order valence-corrected chi connectivity index (χ4v) is 8.90. The number of fused-ring (bicyclic) bond motifs is 4. The van der Waals surface area contributed by atoms with Gasteiger partial charge in [-0.05, 0) is 131 Å². The lowest BCUT2D eigenvalue weighted by Crippen LogP contribution is -2.28. The summed E-state index contributed by atoms with van der Waals surface area (Å²) in [5.41, 5.74) is 10.7. The van der Waals surface area contributed by atoms with Crippen LogP contribution >= 0.6 is 0 Å². The van der Waals surface area contributed by atoms with Crippen molar-refractivity contribution in [2.45, 2.75) is 58.9 Å². The fraction of sp³-hybridized carbons (Fsp3) is 0.190. The van der Waals surface area contributed by atoms with Crippen LogP contribution < -0.4 is 14.5 Å². The molecule has 10 rings (SSSR count). The molecule has 0 bridgehead atoms. The predicted octanol–water partition coefficient (Wildman–Crippen LogP) is 14.6. The Morgan fingerprint density at radius 3 is 2.37 bits per heavy atom. The summed E-state index contributed by atoms with van der Waals surface area (Å²) in [7, 11) is 0. The average Bonchev–Trinajstić information content (AvgIpc) is 3.91. The molecule has 0 spiro atoms. The van der Waals surface area contributed by atoms with Gasteiger partial charge in [-0.25, -0.2) is 4.98 Å². The van der Waals surface area contributed by atoms with E-state index in [0.717, 1.165) is 67.1 Å². The quantitative estimate of drug-likeness (QED) is 0.115. The molecule has 9 aromatic rings. The van der Waals surface area contributed by atoms with Crippen LogP contribution in [0.15, 0.2) is 182 Å². The van der Waals surface area contributed by atoms with Crippen LogP contribution in [0.1, 0.15) is 66.8 Å². The second-order valence-corrected chi connectivity index (χ2v) is 17.3. The Bertz CT molecular complexity index is 3440. The summed E-state index contributed by atoms with van der Waals surface area (Å²) in [5, 5.41) is 2.28. The number of nitrogens with zero attached hydrogens (tertiary/aromatic N) is 4. The topological polar surface area (TPSA) is 33.5 Å². The van der Waals surface area contributed by atoms with Gasteiger partial charge in [0.15, 0.2) is 0 Å². The van der Waals surface area contributed by atoms with Crippen molar-refractivity contribution in [3.05, 3.63) is 204 Å². The molecule has 312 valence electrons. The van der Waals surface area contributed by atoms with Gasteiger partial charge in [-0.2, -0.15) is 0 Å². The van der Waals surface area contributed by atoms with E-state index in [1.54, 1.807) is 18.2 Å². The van der Waals surface area contributed by atoms with Gasteiger partial charge in [0.05, 0.1) is 35.9 Å². The Morgan fingerprint density at radius 1 is 0.683 bits per heavy atom. The minimum absolute atomic E-state index is 0.0162. The summed E-state index contributed by atoms with van der Waals surface area (Å²) in [6, 6.07) is 47.1. The lowest BCUT2D eigenvalue weighted by Gasteiger charge is -2.23. The summed E-state index contributed by atoms with van der Waals surface area (Å²) in [4.78, 5) is 9.52. The van der Waals surface area contributed by atoms with Gasteiger partial charge in [-0.3, -0.25) is 4.57 Å². The van der Waals surface area contributed by atoms with Crippen molar-refractivity contribution in [1.29, 1.82) is 0 Å². The molecule has 7 aromatic carbocycles. The zero-order valence-corrected chi connectivity index (χ0v) is 35.9. The van der Waals surface area contributed by atoms with E-state index in [9.17, 15) is 0 Å². The third-order valence-electron chi connectivity index (χ3n) is 12.2. The highest BCUT2D eigenvalue weighted by Gasteiger charge is 2.28. The van der Waals surface area contributed by atoms with Gasteiger partial charge in [-0.1, -0.05) is 136 Å². The number of aromatic nitrogens is 2. The van der Waals surface area contributed by atoms with E-state index in [2.05, 4.69) is 138 Å². The Labute approximate surface area is 383 Å². The van der Waals surface area contributed by atoms with E-state index in [-0.39, 0.29) is 28.6 Å². The van der Waals surface area contributed by atoms with Crippen molar-refractivity contribution in [3.8, 4) is 33.8 Å². The van der Waals surface area contributed by atoms with Crippen molar-refractivity contribution in [2.75, 3.05) is 23.0 Å². The van der Waals surface area contributed by atoms with Crippen LogP contribution in [0, 0.1) is 6.85 Å². The van der Waals surface area contributed by atoms with E-state index in [4.69, 9.17) is 20.7 Å². The first-order valence-electron chi connectivity index (χ1n) is 25.7. The zero-order valence-electron chi connectivity index (χ0n) is 43.9. The second-order valence-electron chi connectivity index (χ2n) is 17.3. The molecule has 0 fully saturated rings. The number of para-hydroxylation sites is 1. The summed E-state index contributed by atoms with van der Waals surface area (Å²) in [6.45, 7) is 5.79. The van der Waals surface area contributed by atoms with E-state index in [1.165, 1.54) is 5.56 Å². The molecular formula is C58H54N4O. The lowest BCUT2D eigenvalue weighted by molar-refractivity contribution is 0.306. The third-order valence-corrected chi connectivity index (χ3v) is 12.2. The fourth-order valence-electron chi connectivity index (χ4n) is 8.90. The molecule has 0 saturated heterocycles. The molecular weight excluding hydrogens is 769 g/mol. The van der Waals surface area contributed by atoms with Crippen LogP contribution in [0.3, 0.4) is 0 Å².